The fourth-order valence-electron chi connectivity index (χ4n) is 2.17. The molecule has 0 aromatic heterocycles. The quantitative estimate of drug-likeness (QED) is 0.626. The Morgan fingerprint density at radius 3 is 2.38 bits per heavy atom. The molecular weight excluding hydrogens is 314 g/mol. The number of amides is 4. The van der Waals surface area contributed by atoms with E-state index in [1.807, 2.05) is 6.07 Å². The predicted molar refractivity (Wildman–Crippen MR) is 85.1 cm³/mol. The van der Waals surface area contributed by atoms with Crippen molar-refractivity contribution in [1.29, 1.82) is 0 Å². The maximum absolute atomic E-state index is 12.0. The molecule has 24 heavy (non-hydrogen) atoms. The Balaban J connectivity index is 1.86. The molecule has 0 atom stereocenters. The molecule has 1 aromatic rings. The molecule has 4 amide bonds. The van der Waals surface area contributed by atoms with E-state index in [4.69, 9.17) is 4.74 Å². The largest absolute Gasteiger partial charge is 0.454 e. The van der Waals surface area contributed by atoms with E-state index in [1.165, 1.54) is 18.7 Å². The van der Waals surface area contributed by atoms with Gasteiger partial charge in [0, 0.05) is 12.7 Å². The van der Waals surface area contributed by atoms with Gasteiger partial charge in [-0.1, -0.05) is 18.2 Å². The zero-order valence-corrected chi connectivity index (χ0v) is 13.7. The summed E-state index contributed by atoms with van der Waals surface area (Å²) in [7, 11) is 1.56. The molecule has 0 spiro atoms. The van der Waals surface area contributed by atoms with Crippen LogP contribution in [0.25, 0.3) is 0 Å². The molecular formula is C16H19N3O5. The fraction of sp³-hybridized carbons (Fsp3) is 0.375. The number of rotatable bonds is 5. The lowest BCUT2D eigenvalue weighted by atomic mass is 10.1. The minimum Gasteiger partial charge on any atom is -0.454 e. The van der Waals surface area contributed by atoms with Gasteiger partial charge in [0.2, 0.25) is 0 Å². The van der Waals surface area contributed by atoms with Crippen LogP contribution in [0, 0.1) is 0 Å². The van der Waals surface area contributed by atoms with Crippen LogP contribution in [0.1, 0.15) is 13.8 Å². The average Bonchev–Trinajstić information content (AvgIpc) is 2.74. The number of benzene rings is 1. The highest BCUT2D eigenvalue weighted by molar-refractivity contribution is 6.08. The number of ether oxygens (including phenoxy) is 1. The maximum atomic E-state index is 12.0. The second-order valence-electron chi connectivity index (χ2n) is 5.90. The molecule has 1 heterocycles. The van der Waals surface area contributed by atoms with E-state index < -0.39 is 42.5 Å². The molecule has 8 heteroatoms. The van der Waals surface area contributed by atoms with Crippen molar-refractivity contribution in [3.8, 4) is 0 Å². The number of anilines is 1. The molecule has 1 aliphatic rings. The van der Waals surface area contributed by atoms with Crippen LogP contribution in [0.4, 0.5) is 10.5 Å². The van der Waals surface area contributed by atoms with Gasteiger partial charge in [0.15, 0.2) is 6.61 Å². The van der Waals surface area contributed by atoms with Gasteiger partial charge in [0.1, 0.15) is 12.1 Å². The van der Waals surface area contributed by atoms with Gasteiger partial charge in [-0.15, -0.1) is 0 Å². The van der Waals surface area contributed by atoms with Gasteiger partial charge in [-0.3, -0.25) is 19.3 Å². The van der Waals surface area contributed by atoms with E-state index in [2.05, 4.69) is 5.32 Å². The van der Waals surface area contributed by atoms with Crippen molar-refractivity contribution >= 4 is 29.5 Å². The van der Waals surface area contributed by atoms with Crippen LogP contribution in [-0.2, 0) is 19.1 Å². The summed E-state index contributed by atoms with van der Waals surface area (Å²) < 4.78 is 4.87. The van der Waals surface area contributed by atoms with Gasteiger partial charge in [-0.05, 0) is 26.0 Å². The Kier molecular flexibility index (Phi) is 4.87. The van der Waals surface area contributed by atoms with Crippen molar-refractivity contribution in [3.05, 3.63) is 30.3 Å². The number of para-hydroxylation sites is 1. The van der Waals surface area contributed by atoms with E-state index in [0.29, 0.717) is 5.69 Å². The van der Waals surface area contributed by atoms with Gasteiger partial charge in [-0.25, -0.2) is 4.79 Å². The summed E-state index contributed by atoms with van der Waals surface area (Å²) in [5, 5.41) is 2.46. The SMILES string of the molecule is CN(C(=O)COC(=O)CN1C(=O)NC(C)(C)C1=O)c1ccccc1. The van der Waals surface area contributed by atoms with Crippen molar-refractivity contribution < 1.29 is 23.9 Å². The van der Waals surface area contributed by atoms with Crippen LogP contribution in [0.15, 0.2) is 30.3 Å². The van der Waals surface area contributed by atoms with Crippen LogP contribution in [-0.4, -0.2) is 54.5 Å². The van der Waals surface area contributed by atoms with Crippen molar-refractivity contribution in [2.24, 2.45) is 0 Å². The number of esters is 1. The van der Waals surface area contributed by atoms with E-state index in [1.54, 1.807) is 31.3 Å². The third kappa shape index (κ3) is 3.70. The van der Waals surface area contributed by atoms with Crippen LogP contribution in [0.3, 0.4) is 0 Å². The smallest absolute Gasteiger partial charge is 0.326 e. The summed E-state index contributed by atoms with van der Waals surface area (Å²) in [6, 6.07) is 8.22. The Hall–Kier alpha value is -2.90. The molecule has 1 N–H and O–H groups in total. The lowest BCUT2D eigenvalue weighted by molar-refractivity contribution is -0.150. The molecule has 0 unspecified atom stereocenters. The normalized spacial score (nSPS) is 15.9. The highest BCUT2D eigenvalue weighted by atomic mass is 16.5. The number of nitrogens with one attached hydrogen (secondary N) is 1. The van der Waals surface area contributed by atoms with Crippen LogP contribution in [0.5, 0.6) is 0 Å². The molecule has 8 nitrogen and oxygen atoms in total. The summed E-state index contributed by atoms with van der Waals surface area (Å²) in [6.45, 7) is 2.07. The number of imide groups is 1. The van der Waals surface area contributed by atoms with E-state index in [-0.39, 0.29) is 0 Å². The van der Waals surface area contributed by atoms with Crippen LogP contribution in [0.2, 0.25) is 0 Å². The first-order valence-corrected chi connectivity index (χ1v) is 7.33. The molecule has 1 fully saturated rings. The number of hydrogen-bond acceptors (Lipinski definition) is 5. The average molecular weight is 333 g/mol. The summed E-state index contributed by atoms with van der Waals surface area (Å²) in [6.07, 6.45) is 0. The van der Waals surface area contributed by atoms with E-state index in [9.17, 15) is 19.2 Å². The number of nitrogens with zero attached hydrogens (tertiary/aromatic N) is 2. The van der Waals surface area contributed by atoms with Crippen molar-refractivity contribution in [1.82, 2.24) is 10.2 Å². The second-order valence-corrected chi connectivity index (χ2v) is 5.90. The molecule has 0 radical (unpaired) electrons. The number of likely N-dealkylation sites (N-methyl/N-ethyl adjacent to an activating group) is 1. The first-order valence-electron chi connectivity index (χ1n) is 7.33. The van der Waals surface area contributed by atoms with Crippen molar-refractivity contribution in [2.75, 3.05) is 25.1 Å². The minimum absolute atomic E-state index is 0.424. The number of carbonyl (C=O) groups is 4. The Labute approximate surface area is 139 Å². The Morgan fingerprint density at radius 1 is 1.21 bits per heavy atom. The highest BCUT2D eigenvalue weighted by Crippen LogP contribution is 2.16. The fourth-order valence-corrected chi connectivity index (χ4v) is 2.17. The molecule has 2 rings (SSSR count). The van der Waals surface area contributed by atoms with Gasteiger partial charge in [0.05, 0.1) is 0 Å². The monoisotopic (exact) mass is 333 g/mol. The Bertz CT molecular complexity index is 672. The molecule has 0 saturated carbocycles. The summed E-state index contributed by atoms with van der Waals surface area (Å²) in [4.78, 5) is 49.6. The van der Waals surface area contributed by atoms with Crippen LogP contribution < -0.4 is 10.2 Å². The lowest BCUT2D eigenvalue weighted by Crippen LogP contribution is -2.41. The number of hydrogen-bond donors (Lipinski definition) is 1. The first-order chi connectivity index (χ1) is 11.2. The second kappa shape index (κ2) is 6.69. The maximum Gasteiger partial charge on any atom is 0.326 e. The topological polar surface area (TPSA) is 96.0 Å². The third-order valence-electron chi connectivity index (χ3n) is 3.61. The zero-order chi connectivity index (χ0) is 17.9. The molecule has 128 valence electrons. The van der Waals surface area contributed by atoms with Gasteiger partial charge < -0.3 is 15.0 Å². The summed E-state index contributed by atoms with van der Waals surface area (Å²) >= 11 is 0. The highest BCUT2D eigenvalue weighted by Gasteiger charge is 2.45. The predicted octanol–water partition coefficient (Wildman–Crippen LogP) is 0.523. The summed E-state index contributed by atoms with van der Waals surface area (Å²) in [5.41, 5.74) is -0.393. The van der Waals surface area contributed by atoms with Gasteiger partial charge in [0.25, 0.3) is 11.8 Å². The summed E-state index contributed by atoms with van der Waals surface area (Å²) in [5.74, 6) is -1.77. The lowest BCUT2D eigenvalue weighted by Gasteiger charge is -2.18. The molecule has 1 saturated heterocycles. The van der Waals surface area contributed by atoms with E-state index in [0.717, 1.165) is 4.90 Å². The molecule has 1 aliphatic heterocycles. The zero-order valence-electron chi connectivity index (χ0n) is 13.7. The minimum atomic E-state index is -1.05. The molecule has 0 aliphatic carbocycles. The van der Waals surface area contributed by atoms with Crippen molar-refractivity contribution in [3.63, 3.8) is 0 Å². The van der Waals surface area contributed by atoms with Gasteiger partial charge >= 0.3 is 12.0 Å². The number of urea groups is 1. The van der Waals surface area contributed by atoms with E-state index >= 15 is 0 Å². The Morgan fingerprint density at radius 2 is 1.83 bits per heavy atom. The first kappa shape index (κ1) is 17.5. The molecule has 0 bridgehead atoms. The van der Waals surface area contributed by atoms with Crippen molar-refractivity contribution in [2.45, 2.75) is 19.4 Å². The third-order valence-corrected chi connectivity index (χ3v) is 3.61. The van der Waals surface area contributed by atoms with Gasteiger partial charge in [-0.2, -0.15) is 0 Å². The molecule has 1 aromatic carbocycles. The standard InChI is InChI=1S/C16H19N3O5/c1-16(2)14(22)19(15(23)17-16)9-13(21)24-10-12(20)18(3)11-7-5-4-6-8-11/h4-8H,9-10H2,1-3H3,(H,17,23). The number of carbonyl (C=O) groups excluding carboxylic acids is 4. The van der Waals surface area contributed by atoms with Crippen LogP contribution >= 0.6 is 0 Å².